The normalized spacial score (nSPS) is 25.3. The SMILES string of the molecule is CC1(C)CCCC(Cn2cc(N)cn2)O1. The molecule has 2 rings (SSSR count). The summed E-state index contributed by atoms with van der Waals surface area (Å²) >= 11 is 0. The lowest BCUT2D eigenvalue weighted by molar-refractivity contribution is -0.112. The molecule has 0 radical (unpaired) electrons. The lowest BCUT2D eigenvalue weighted by atomic mass is 9.95. The van der Waals surface area contributed by atoms with Crippen molar-refractivity contribution in [2.75, 3.05) is 5.73 Å². The first-order valence-electron chi connectivity index (χ1n) is 5.51. The highest BCUT2D eigenvalue weighted by Crippen LogP contribution is 2.28. The van der Waals surface area contributed by atoms with Crippen LogP contribution in [0.5, 0.6) is 0 Å². The van der Waals surface area contributed by atoms with Crippen LogP contribution >= 0.6 is 0 Å². The molecule has 1 aliphatic heterocycles. The third-order valence-corrected chi connectivity index (χ3v) is 2.83. The summed E-state index contributed by atoms with van der Waals surface area (Å²) in [5.41, 5.74) is 6.34. The third-order valence-electron chi connectivity index (χ3n) is 2.83. The number of aromatic nitrogens is 2. The van der Waals surface area contributed by atoms with E-state index in [4.69, 9.17) is 10.5 Å². The summed E-state index contributed by atoms with van der Waals surface area (Å²) in [6.07, 6.45) is 7.29. The summed E-state index contributed by atoms with van der Waals surface area (Å²) < 4.78 is 7.85. The molecule has 1 aliphatic rings. The van der Waals surface area contributed by atoms with Gasteiger partial charge in [0, 0.05) is 6.20 Å². The highest BCUT2D eigenvalue weighted by Gasteiger charge is 2.28. The average Bonchev–Trinajstić information content (AvgIpc) is 2.49. The van der Waals surface area contributed by atoms with Crippen LogP contribution in [0.2, 0.25) is 0 Å². The van der Waals surface area contributed by atoms with E-state index in [1.165, 1.54) is 6.42 Å². The van der Waals surface area contributed by atoms with Crippen LogP contribution in [-0.4, -0.2) is 21.5 Å². The Labute approximate surface area is 90.4 Å². The predicted molar refractivity (Wildman–Crippen MR) is 59.4 cm³/mol. The number of ether oxygens (including phenoxy) is 1. The molecule has 1 aromatic heterocycles. The van der Waals surface area contributed by atoms with Gasteiger partial charge >= 0.3 is 0 Å². The van der Waals surface area contributed by atoms with E-state index >= 15 is 0 Å². The van der Waals surface area contributed by atoms with Crippen molar-refractivity contribution in [1.29, 1.82) is 0 Å². The standard InChI is InChI=1S/C11H19N3O/c1-11(2)5-3-4-10(15-11)8-14-7-9(12)6-13-14/h6-7,10H,3-5,8,12H2,1-2H3. The Morgan fingerprint density at radius 1 is 1.67 bits per heavy atom. The fraction of sp³-hybridized carbons (Fsp3) is 0.727. The minimum Gasteiger partial charge on any atom is -0.396 e. The number of nitrogen functional groups attached to an aromatic ring is 1. The maximum absolute atomic E-state index is 5.99. The largest absolute Gasteiger partial charge is 0.396 e. The van der Waals surface area contributed by atoms with Crippen molar-refractivity contribution in [3.05, 3.63) is 12.4 Å². The molecule has 0 aromatic carbocycles. The second-order valence-corrected chi connectivity index (χ2v) is 4.89. The van der Waals surface area contributed by atoms with Crippen LogP contribution in [0.15, 0.2) is 12.4 Å². The van der Waals surface area contributed by atoms with Gasteiger partial charge in [0.05, 0.1) is 30.1 Å². The zero-order valence-corrected chi connectivity index (χ0v) is 9.44. The Hall–Kier alpha value is -1.03. The number of anilines is 1. The first-order valence-corrected chi connectivity index (χ1v) is 5.51. The first kappa shape index (κ1) is 10.5. The van der Waals surface area contributed by atoms with Gasteiger partial charge in [0.1, 0.15) is 0 Å². The van der Waals surface area contributed by atoms with Crippen LogP contribution in [0.4, 0.5) is 5.69 Å². The molecule has 2 heterocycles. The number of nitrogens with two attached hydrogens (primary N) is 1. The molecule has 4 heteroatoms. The quantitative estimate of drug-likeness (QED) is 0.808. The van der Waals surface area contributed by atoms with Crippen molar-refractivity contribution < 1.29 is 4.74 Å². The minimum absolute atomic E-state index is 0.0155. The van der Waals surface area contributed by atoms with Gasteiger partial charge in [0.2, 0.25) is 0 Å². The molecule has 0 spiro atoms. The van der Waals surface area contributed by atoms with Crippen molar-refractivity contribution in [3.63, 3.8) is 0 Å². The zero-order valence-electron chi connectivity index (χ0n) is 9.44. The van der Waals surface area contributed by atoms with Crippen molar-refractivity contribution in [2.24, 2.45) is 0 Å². The molecule has 15 heavy (non-hydrogen) atoms. The predicted octanol–water partition coefficient (Wildman–Crippen LogP) is 1.81. The fourth-order valence-electron chi connectivity index (χ4n) is 2.14. The first-order chi connectivity index (χ1) is 7.05. The van der Waals surface area contributed by atoms with E-state index in [9.17, 15) is 0 Å². The van der Waals surface area contributed by atoms with Crippen molar-refractivity contribution in [1.82, 2.24) is 9.78 Å². The molecule has 84 valence electrons. The highest BCUT2D eigenvalue weighted by atomic mass is 16.5. The topological polar surface area (TPSA) is 53.1 Å². The molecule has 4 nitrogen and oxygen atoms in total. The number of nitrogens with zero attached hydrogens (tertiary/aromatic N) is 2. The Kier molecular flexibility index (Phi) is 2.69. The van der Waals surface area contributed by atoms with Crippen LogP contribution in [0.1, 0.15) is 33.1 Å². The van der Waals surface area contributed by atoms with Crippen LogP contribution in [0.3, 0.4) is 0 Å². The number of hydrogen-bond donors (Lipinski definition) is 1. The second-order valence-electron chi connectivity index (χ2n) is 4.89. The van der Waals surface area contributed by atoms with E-state index in [1.807, 2.05) is 10.9 Å². The van der Waals surface area contributed by atoms with E-state index in [-0.39, 0.29) is 11.7 Å². The summed E-state index contributed by atoms with van der Waals surface area (Å²) in [6.45, 7) is 5.11. The van der Waals surface area contributed by atoms with Gasteiger partial charge in [-0.1, -0.05) is 0 Å². The van der Waals surface area contributed by atoms with Gasteiger partial charge in [-0.25, -0.2) is 0 Å². The molecular formula is C11H19N3O. The molecule has 0 aliphatic carbocycles. The lowest BCUT2D eigenvalue weighted by Crippen LogP contribution is -2.37. The molecule has 1 aromatic rings. The number of hydrogen-bond acceptors (Lipinski definition) is 3. The molecule has 1 unspecified atom stereocenters. The van der Waals surface area contributed by atoms with Gasteiger partial charge in [0.15, 0.2) is 0 Å². The Morgan fingerprint density at radius 3 is 3.07 bits per heavy atom. The van der Waals surface area contributed by atoms with Gasteiger partial charge in [0.25, 0.3) is 0 Å². The van der Waals surface area contributed by atoms with E-state index < -0.39 is 0 Å². The van der Waals surface area contributed by atoms with Gasteiger partial charge in [-0.3, -0.25) is 4.68 Å². The smallest absolute Gasteiger partial charge is 0.0778 e. The van der Waals surface area contributed by atoms with E-state index in [2.05, 4.69) is 18.9 Å². The van der Waals surface area contributed by atoms with Gasteiger partial charge in [-0.05, 0) is 33.1 Å². The average molecular weight is 209 g/mol. The number of rotatable bonds is 2. The maximum atomic E-state index is 5.99. The molecule has 1 fully saturated rings. The van der Waals surface area contributed by atoms with Crippen molar-refractivity contribution in [2.45, 2.75) is 51.4 Å². The summed E-state index contributed by atoms with van der Waals surface area (Å²) in [5, 5.41) is 4.17. The maximum Gasteiger partial charge on any atom is 0.0778 e. The summed E-state index contributed by atoms with van der Waals surface area (Å²) in [4.78, 5) is 0. The summed E-state index contributed by atoms with van der Waals surface area (Å²) in [5.74, 6) is 0. The molecule has 2 N–H and O–H groups in total. The Bertz CT molecular complexity index is 332. The Balaban J connectivity index is 1.95. The van der Waals surface area contributed by atoms with Crippen LogP contribution in [0.25, 0.3) is 0 Å². The van der Waals surface area contributed by atoms with Crippen LogP contribution in [-0.2, 0) is 11.3 Å². The molecule has 0 amide bonds. The van der Waals surface area contributed by atoms with Gasteiger partial charge < -0.3 is 10.5 Å². The van der Waals surface area contributed by atoms with Crippen molar-refractivity contribution >= 4 is 5.69 Å². The highest BCUT2D eigenvalue weighted by molar-refractivity contribution is 5.30. The molecule has 0 saturated carbocycles. The monoisotopic (exact) mass is 209 g/mol. The summed E-state index contributed by atoms with van der Waals surface area (Å²) in [7, 11) is 0. The van der Waals surface area contributed by atoms with E-state index in [0.29, 0.717) is 5.69 Å². The molecule has 0 bridgehead atoms. The third kappa shape index (κ3) is 2.72. The molecule has 1 atom stereocenters. The van der Waals surface area contributed by atoms with Crippen molar-refractivity contribution in [3.8, 4) is 0 Å². The fourth-order valence-corrected chi connectivity index (χ4v) is 2.14. The van der Waals surface area contributed by atoms with E-state index in [0.717, 1.165) is 19.4 Å². The van der Waals surface area contributed by atoms with Crippen LogP contribution in [0, 0.1) is 0 Å². The minimum atomic E-state index is 0.0155. The Morgan fingerprint density at radius 2 is 2.47 bits per heavy atom. The molecule has 1 saturated heterocycles. The lowest BCUT2D eigenvalue weighted by Gasteiger charge is -2.35. The second kappa shape index (κ2) is 3.85. The van der Waals surface area contributed by atoms with Crippen LogP contribution < -0.4 is 5.73 Å². The van der Waals surface area contributed by atoms with Gasteiger partial charge in [-0.15, -0.1) is 0 Å². The van der Waals surface area contributed by atoms with Gasteiger partial charge in [-0.2, -0.15) is 5.10 Å². The zero-order chi connectivity index (χ0) is 10.9. The van der Waals surface area contributed by atoms with E-state index in [1.54, 1.807) is 6.20 Å². The summed E-state index contributed by atoms with van der Waals surface area (Å²) in [6, 6.07) is 0. The molecular weight excluding hydrogens is 190 g/mol.